The molecule has 4 aromatic carbocycles. The number of nitrogens with one attached hydrogen (secondary N) is 1. The number of rotatable bonds is 14. The van der Waals surface area contributed by atoms with Crippen LogP contribution in [0.4, 0.5) is 56.8 Å². The molecule has 3 N–H and O–H groups in total. The molecular formula is C64H54Cl2F8N12O5S2. The van der Waals surface area contributed by atoms with Gasteiger partial charge in [0.1, 0.15) is 107 Å². The minimum Gasteiger partial charge on any atom is -0.489 e. The molecule has 8 aliphatic rings. The van der Waals surface area contributed by atoms with Crippen molar-refractivity contribution in [2.24, 2.45) is 0 Å². The van der Waals surface area contributed by atoms with Crippen LogP contribution < -0.4 is 39.8 Å². The molecule has 4 aromatic heterocycles. The highest BCUT2D eigenvalue weighted by Crippen LogP contribution is 2.56. The summed E-state index contributed by atoms with van der Waals surface area (Å²) in [5.74, 6) is -3.61. The van der Waals surface area contributed by atoms with Crippen molar-refractivity contribution in [1.82, 2.24) is 29.7 Å². The number of hydrogen-bond donors (Lipinski definition) is 2. The van der Waals surface area contributed by atoms with Gasteiger partial charge in [0.2, 0.25) is 0 Å². The van der Waals surface area contributed by atoms with E-state index in [-0.39, 0.29) is 173 Å². The third kappa shape index (κ3) is 9.31. The molecule has 93 heavy (non-hydrogen) atoms. The lowest BCUT2D eigenvalue weighted by Crippen LogP contribution is -2.50. The first kappa shape index (κ1) is 60.4. The van der Waals surface area contributed by atoms with Crippen LogP contribution in [0.3, 0.4) is 0 Å². The number of ether oxygens (including phenoxy) is 5. The molecule has 0 amide bonds. The molecule has 11 heterocycles. The number of thiophene rings is 2. The molecule has 6 fully saturated rings. The molecule has 0 spiro atoms. The normalized spacial score (nSPS) is 26.0. The van der Waals surface area contributed by atoms with E-state index in [0.717, 1.165) is 54.1 Å². The van der Waals surface area contributed by atoms with Crippen LogP contribution in [-0.2, 0) is 4.74 Å². The summed E-state index contributed by atoms with van der Waals surface area (Å²) in [6, 6.07) is 5.47. The molecular weight excluding hydrogens is 1300 g/mol. The van der Waals surface area contributed by atoms with Crippen LogP contribution in [0.5, 0.6) is 23.5 Å². The largest absolute Gasteiger partial charge is 0.489 e. The van der Waals surface area contributed by atoms with Crippen LogP contribution >= 0.6 is 45.9 Å². The number of alkyl halides is 4. The predicted octanol–water partition coefficient (Wildman–Crippen LogP) is 13.4. The van der Waals surface area contributed by atoms with E-state index in [4.69, 9.17) is 62.6 Å². The van der Waals surface area contributed by atoms with Crippen LogP contribution in [0, 0.1) is 45.9 Å². The summed E-state index contributed by atoms with van der Waals surface area (Å²) in [5.41, 5.74) is 2.87. The number of benzene rings is 4. The highest BCUT2D eigenvalue weighted by molar-refractivity contribution is 7.23. The fourth-order valence-electron chi connectivity index (χ4n) is 15.6. The third-order valence-corrected chi connectivity index (χ3v) is 22.8. The smallest absolute Gasteiger partial charge is 0.319 e. The summed E-state index contributed by atoms with van der Waals surface area (Å²) in [4.78, 5) is 26.1. The lowest BCUT2D eigenvalue weighted by atomic mass is 9.95. The zero-order valence-corrected chi connectivity index (χ0v) is 52.3. The van der Waals surface area contributed by atoms with Crippen molar-refractivity contribution in [1.29, 1.82) is 10.5 Å². The van der Waals surface area contributed by atoms with Gasteiger partial charge in [0.05, 0.1) is 71.1 Å². The van der Waals surface area contributed by atoms with Gasteiger partial charge in [-0.05, 0) is 74.8 Å². The van der Waals surface area contributed by atoms with Gasteiger partial charge < -0.3 is 44.5 Å². The summed E-state index contributed by atoms with van der Waals surface area (Å²) in [6.07, 6.45) is -0.906. The molecule has 8 atom stereocenters. The molecule has 2 unspecified atom stereocenters. The molecule has 0 bridgehead atoms. The highest BCUT2D eigenvalue weighted by Gasteiger charge is 2.56. The molecule has 1 aliphatic carbocycles. The average molecular weight is 1360 g/mol. The van der Waals surface area contributed by atoms with E-state index in [1.165, 1.54) is 17.0 Å². The SMILES string of the molecule is C=C[C@H]1COc2c(Cl)c(-c3ccc(F)c4sc(N)c(C#N)c34)c(F)c3nc(OC[C@@]45CCCN4C(Nc4sc6c(F)ccc(-c7c(Cl)c8c9c(nc(OC[C@@]%10%11CCCN%10C[C@H](F)C%11)nc9c7F)N(C7CCOC7)[C@@H](C(F)F)CO8)c6c4C#N)[C@H](F)C5)nc(c23)N1C1CC1. The second kappa shape index (κ2) is 22.6. The van der Waals surface area contributed by atoms with E-state index >= 15 is 30.7 Å². The van der Waals surface area contributed by atoms with Gasteiger partial charge in [-0.25, -0.2) is 35.1 Å². The molecule has 7 aliphatic heterocycles. The number of fused-ring (bicyclic) bond motifs is 4. The number of halogens is 10. The summed E-state index contributed by atoms with van der Waals surface area (Å²) >= 11 is 16.1. The van der Waals surface area contributed by atoms with E-state index in [2.05, 4.69) is 27.9 Å². The van der Waals surface area contributed by atoms with E-state index in [9.17, 15) is 14.9 Å². The first-order valence-corrected chi connectivity index (χ1v) is 33.0. The first-order valence-electron chi connectivity index (χ1n) is 30.6. The van der Waals surface area contributed by atoms with E-state index < -0.39 is 100 Å². The highest BCUT2D eigenvalue weighted by atomic mass is 35.5. The molecule has 1 saturated carbocycles. The Kier molecular flexibility index (Phi) is 14.7. The van der Waals surface area contributed by atoms with Gasteiger partial charge in [0.15, 0.2) is 23.1 Å². The van der Waals surface area contributed by atoms with Crippen LogP contribution in [-0.4, -0.2) is 149 Å². The second-order valence-electron chi connectivity index (χ2n) is 25.1. The van der Waals surface area contributed by atoms with Crippen molar-refractivity contribution in [2.75, 3.05) is 80.1 Å². The summed E-state index contributed by atoms with van der Waals surface area (Å²) < 4.78 is 162. The standard InChI is InChI=1S/C64H54Cl2F8N12O5S2/c1-2-28-23-88-51-43-49(47(71)41(45(51)65)31-7-9-35(68)53-39(31)33(19-75)56(77)92-53)78-61(81-58(43)85(28)29-5-6-29)91-26-64-13-4-15-84(64)57(37(70)18-64)80-60-34(20-76)40-32(8-10-36(69)54(40)93-60)42-46(66)52-44-50(48(42)72)79-62(90-25-63-12-3-14-83(63)21-27(67)17-63)82-59(44)86(30-11-16-87-22-30)38(24-89-52)55(73)74/h2,7-10,27-30,37-38,55,57,80H,1,3-6,11-18,21-26,77H2/t27-,28+,30?,37-,38-,57?,63+,64+/m1/s1. The lowest BCUT2D eigenvalue weighted by molar-refractivity contribution is 0.0811. The number of nitriles is 2. The average Bonchev–Trinajstić information content (AvgIpc) is 1.71. The zero-order valence-electron chi connectivity index (χ0n) is 49.1. The Morgan fingerprint density at radius 3 is 1.97 bits per heavy atom. The van der Waals surface area contributed by atoms with Gasteiger partial charge in [-0.15, -0.1) is 29.3 Å². The Labute approximate surface area is 543 Å². The summed E-state index contributed by atoms with van der Waals surface area (Å²) in [6.45, 7) is 4.63. The lowest BCUT2D eigenvalue weighted by Gasteiger charge is -2.35. The molecule has 482 valence electrons. The summed E-state index contributed by atoms with van der Waals surface area (Å²) in [5, 5.41) is 24.0. The Hall–Kier alpha value is -7.50. The fourth-order valence-corrected chi connectivity index (χ4v) is 18.4. The monoisotopic (exact) mass is 1360 g/mol. The maximum Gasteiger partial charge on any atom is 0.319 e. The van der Waals surface area contributed by atoms with Crippen molar-refractivity contribution in [3.05, 3.63) is 81.4 Å². The Morgan fingerprint density at radius 2 is 1.35 bits per heavy atom. The first-order chi connectivity index (χ1) is 44.9. The maximum absolute atomic E-state index is 18.3. The Balaban J connectivity index is 0.762. The number of anilines is 4. The van der Waals surface area contributed by atoms with Crippen molar-refractivity contribution in [3.63, 3.8) is 0 Å². The summed E-state index contributed by atoms with van der Waals surface area (Å²) in [7, 11) is 0. The Morgan fingerprint density at radius 1 is 0.753 bits per heavy atom. The molecule has 29 heteroatoms. The maximum atomic E-state index is 18.3. The number of nitrogen functional groups attached to an aromatic ring is 1. The Bertz CT molecular complexity index is 4590. The molecule has 0 radical (unpaired) electrons. The predicted molar refractivity (Wildman–Crippen MR) is 336 cm³/mol. The number of hydrogen-bond acceptors (Lipinski definition) is 19. The van der Waals surface area contributed by atoms with Crippen molar-refractivity contribution in [3.8, 4) is 57.9 Å². The van der Waals surface area contributed by atoms with Crippen molar-refractivity contribution < 1.29 is 58.8 Å². The van der Waals surface area contributed by atoms with Crippen LogP contribution in [0.15, 0.2) is 36.9 Å². The van der Waals surface area contributed by atoms with Crippen LogP contribution in [0.2, 0.25) is 10.0 Å². The second-order valence-corrected chi connectivity index (χ2v) is 27.9. The van der Waals surface area contributed by atoms with Gasteiger partial charge in [-0.1, -0.05) is 41.4 Å². The number of nitrogens with zero attached hydrogens (tertiary/aromatic N) is 10. The molecule has 5 saturated heterocycles. The topological polar surface area (TPSA) is 196 Å². The molecule has 8 aromatic rings. The van der Waals surface area contributed by atoms with Gasteiger partial charge >= 0.3 is 12.0 Å². The van der Waals surface area contributed by atoms with Gasteiger partial charge in [-0.2, -0.15) is 30.5 Å². The van der Waals surface area contributed by atoms with E-state index in [0.29, 0.717) is 38.8 Å². The minimum atomic E-state index is -3.02. The number of nitrogens with two attached hydrogens (primary N) is 1. The minimum absolute atomic E-state index is 0.0205. The van der Waals surface area contributed by atoms with Gasteiger partial charge in [-0.3, -0.25) is 9.80 Å². The quantitative estimate of drug-likeness (QED) is 0.0769. The third-order valence-electron chi connectivity index (χ3n) is 19.9. The van der Waals surface area contributed by atoms with E-state index in [1.54, 1.807) is 6.08 Å². The fraction of sp³-hybridized carbons (Fsp3) is 0.438. The van der Waals surface area contributed by atoms with Gasteiger partial charge in [0.25, 0.3) is 6.43 Å². The molecule has 16 rings (SSSR count). The molecule has 17 nitrogen and oxygen atoms in total. The van der Waals surface area contributed by atoms with Gasteiger partial charge in [0, 0.05) is 60.5 Å². The number of aromatic nitrogens is 4. The zero-order chi connectivity index (χ0) is 64.3. The van der Waals surface area contributed by atoms with Crippen molar-refractivity contribution >= 4 is 109 Å². The van der Waals surface area contributed by atoms with Crippen molar-refractivity contribution in [2.45, 2.75) is 118 Å². The van der Waals surface area contributed by atoms with Crippen LogP contribution in [0.1, 0.15) is 68.9 Å². The van der Waals surface area contributed by atoms with Crippen LogP contribution in [0.25, 0.3) is 64.2 Å². The van der Waals surface area contributed by atoms with E-state index in [1.807, 2.05) is 20.8 Å².